The molecule has 2 nitrogen and oxygen atoms in total. The summed E-state index contributed by atoms with van der Waals surface area (Å²) in [6.45, 7) is 0. The van der Waals surface area contributed by atoms with E-state index >= 15 is 0 Å². The first-order valence-electron chi connectivity index (χ1n) is 4.29. The third kappa shape index (κ3) is 1.83. The molecule has 1 saturated carbocycles. The fraction of sp³-hybridized carbons (Fsp3) is 0.300. The summed E-state index contributed by atoms with van der Waals surface area (Å²) < 4.78 is 0. The van der Waals surface area contributed by atoms with Crippen molar-refractivity contribution in [1.82, 2.24) is 0 Å². The monoisotopic (exact) mass is 195 g/mol. The second-order valence-electron chi connectivity index (χ2n) is 3.27. The van der Waals surface area contributed by atoms with Gasteiger partial charge in [-0.1, -0.05) is 28.9 Å². The summed E-state index contributed by atoms with van der Waals surface area (Å²) in [7, 11) is 0. The van der Waals surface area contributed by atoms with Crippen LogP contribution in [0.1, 0.15) is 18.4 Å². The van der Waals surface area contributed by atoms with Gasteiger partial charge in [0.15, 0.2) is 0 Å². The van der Waals surface area contributed by atoms with Crippen molar-refractivity contribution in [3.8, 4) is 0 Å². The maximum Gasteiger partial charge on any atom is 0.0898 e. The zero-order valence-electron chi connectivity index (χ0n) is 7.07. The average Bonchev–Trinajstić information content (AvgIpc) is 2.93. The van der Waals surface area contributed by atoms with Crippen molar-refractivity contribution in [2.24, 2.45) is 11.1 Å². The summed E-state index contributed by atoms with van der Waals surface area (Å²) in [6, 6.07) is 7.39. The zero-order valence-corrected chi connectivity index (χ0v) is 7.83. The van der Waals surface area contributed by atoms with Crippen LogP contribution in [0.25, 0.3) is 0 Å². The van der Waals surface area contributed by atoms with Gasteiger partial charge in [0.1, 0.15) is 0 Å². The van der Waals surface area contributed by atoms with E-state index in [9.17, 15) is 0 Å². The third-order valence-electron chi connectivity index (χ3n) is 2.21. The summed E-state index contributed by atoms with van der Waals surface area (Å²) in [5, 5.41) is 12.8. The van der Waals surface area contributed by atoms with Crippen LogP contribution in [0.4, 0.5) is 0 Å². The molecule has 68 valence electrons. The molecule has 0 bridgehead atoms. The van der Waals surface area contributed by atoms with Crippen LogP contribution in [0.2, 0.25) is 5.02 Å². The molecular weight excluding hydrogens is 186 g/mol. The summed E-state index contributed by atoms with van der Waals surface area (Å²) >= 11 is 5.75. The molecule has 0 aromatic heterocycles. The summed E-state index contributed by atoms with van der Waals surface area (Å²) in [5.41, 5.74) is 1.76. The minimum Gasteiger partial charge on any atom is -0.411 e. The van der Waals surface area contributed by atoms with Gasteiger partial charge in [-0.25, -0.2) is 0 Å². The lowest BCUT2D eigenvalue weighted by Crippen LogP contribution is -2.02. The molecule has 0 atom stereocenters. The van der Waals surface area contributed by atoms with E-state index in [-0.39, 0.29) is 0 Å². The van der Waals surface area contributed by atoms with Crippen LogP contribution in [0.15, 0.2) is 29.4 Å². The maximum absolute atomic E-state index is 8.81. The predicted molar refractivity (Wildman–Crippen MR) is 52.5 cm³/mol. The van der Waals surface area contributed by atoms with E-state index in [2.05, 4.69) is 5.16 Å². The predicted octanol–water partition coefficient (Wildman–Crippen LogP) is 2.93. The van der Waals surface area contributed by atoms with E-state index in [0.29, 0.717) is 10.9 Å². The SMILES string of the molecule is O/N=C(\c1ccc(Cl)cc1)C1CC1. The topological polar surface area (TPSA) is 32.6 Å². The normalized spacial score (nSPS) is 17.5. The molecule has 1 aromatic rings. The summed E-state index contributed by atoms with van der Waals surface area (Å²) in [4.78, 5) is 0. The van der Waals surface area contributed by atoms with Gasteiger partial charge in [-0.3, -0.25) is 0 Å². The quantitative estimate of drug-likeness (QED) is 0.439. The first kappa shape index (κ1) is 8.57. The van der Waals surface area contributed by atoms with Crippen molar-refractivity contribution < 1.29 is 5.21 Å². The Balaban J connectivity index is 2.28. The third-order valence-corrected chi connectivity index (χ3v) is 2.46. The van der Waals surface area contributed by atoms with E-state index < -0.39 is 0 Å². The minimum absolute atomic E-state index is 0.450. The Hall–Kier alpha value is -1.02. The van der Waals surface area contributed by atoms with Crippen LogP contribution >= 0.6 is 11.6 Å². The molecule has 1 fully saturated rings. The second kappa shape index (κ2) is 3.38. The highest BCUT2D eigenvalue weighted by Gasteiger charge is 2.28. The molecule has 0 radical (unpaired) electrons. The maximum atomic E-state index is 8.81. The van der Waals surface area contributed by atoms with E-state index in [4.69, 9.17) is 16.8 Å². The molecular formula is C10H10ClNO. The molecule has 13 heavy (non-hydrogen) atoms. The lowest BCUT2D eigenvalue weighted by Gasteiger charge is -2.01. The molecule has 0 unspecified atom stereocenters. The Labute approximate surface area is 81.8 Å². The Kier molecular flexibility index (Phi) is 2.23. The van der Waals surface area contributed by atoms with Crippen molar-refractivity contribution in [2.75, 3.05) is 0 Å². The van der Waals surface area contributed by atoms with Crippen LogP contribution in [0.5, 0.6) is 0 Å². The molecule has 0 aliphatic heterocycles. The first-order valence-corrected chi connectivity index (χ1v) is 4.67. The van der Waals surface area contributed by atoms with Crippen molar-refractivity contribution in [3.63, 3.8) is 0 Å². The highest BCUT2D eigenvalue weighted by Crippen LogP contribution is 2.33. The van der Waals surface area contributed by atoms with Crippen LogP contribution in [0.3, 0.4) is 0 Å². The molecule has 1 aliphatic rings. The minimum atomic E-state index is 0.450. The van der Waals surface area contributed by atoms with Crippen molar-refractivity contribution in [2.45, 2.75) is 12.8 Å². The second-order valence-corrected chi connectivity index (χ2v) is 3.70. The van der Waals surface area contributed by atoms with Crippen LogP contribution in [0, 0.1) is 5.92 Å². The number of rotatable bonds is 2. The van der Waals surface area contributed by atoms with Crippen LogP contribution in [-0.4, -0.2) is 10.9 Å². The average molecular weight is 196 g/mol. The molecule has 1 N–H and O–H groups in total. The fourth-order valence-corrected chi connectivity index (χ4v) is 1.48. The number of hydrogen-bond donors (Lipinski definition) is 1. The van der Waals surface area contributed by atoms with E-state index in [0.717, 1.165) is 24.1 Å². The van der Waals surface area contributed by atoms with Gasteiger partial charge in [0, 0.05) is 10.9 Å². The van der Waals surface area contributed by atoms with E-state index in [1.54, 1.807) is 0 Å². The van der Waals surface area contributed by atoms with Gasteiger partial charge in [-0.05, 0) is 30.5 Å². The Morgan fingerprint density at radius 1 is 1.31 bits per heavy atom. The van der Waals surface area contributed by atoms with E-state index in [1.807, 2.05) is 24.3 Å². The largest absolute Gasteiger partial charge is 0.411 e. The van der Waals surface area contributed by atoms with Gasteiger partial charge >= 0.3 is 0 Å². The van der Waals surface area contributed by atoms with Gasteiger partial charge in [0.2, 0.25) is 0 Å². The van der Waals surface area contributed by atoms with Crippen molar-refractivity contribution >= 4 is 17.3 Å². The summed E-state index contributed by atoms with van der Waals surface area (Å²) in [5.74, 6) is 0.450. The van der Waals surface area contributed by atoms with Gasteiger partial charge in [-0.15, -0.1) is 0 Å². The Morgan fingerprint density at radius 3 is 2.38 bits per heavy atom. The molecule has 3 heteroatoms. The molecule has 1 aliphatic carbocycles. The Morgan fingerprint density at radius 2 is 1.92 bits per heavy atom. The number of benzene rings is 1. The van der Waals surface area contributed by atoms with Crippen molar-refractivity contribution in [1.29, 1.82) is 0 Å². The Bertz CT molecular complexity index is 327. The highest BCUT2D eigenvalue weighted by molar-refractivity contribution is 6.30. The highest BCUT2D eigenvalue weighted by atomic mass is 35.5. The first-order chi connectivity index (χ1) is 6.31. The fourth-order valence-electron chi connectivity index (χ4n) is 1.35. The molecule has 0 saturated heterocycles. The van der Waals surface area contributed by atoms with E-state index in [1.165, 1.54) is 0 Å². The summed E-state index contributed by atoms with van der Waals surface area (Å²) in [6.07, 6.45) is 2.25. The van der Waals surface area contributed by atoms with Crippen molar-refractivity contribution in [3.05, 3.63) is 34.9 Å². The molecule has 1 aromatic carbocycles. The van der Waals surface area contributed by atoms with Gasteiger partial charge in [-0.2, -0.15) is 0 Å². The van der Waals surface area contributed by atoms with Crippen LogP contribution in [-0.2, 0) is 0 Å². The number of halogens is 1. The number of oxime groups is 1. The van der Waals surface area contributed by atoms with Gasteiger partial charge in [0.05, 0.1) is 5.71 Å². The lowest BCUT2D eigenvalue weighted by molar-refractivity contribution is 0.317. The molecule has 0 amide bonds. The number of hydrogen-bond acceptors (Lipinski definition) is 2. The molecule has 0 spiro atoms. The standard InChI is InChI=1S/C10H10ClNO/c11-9-5-3-8(4-6-9)10(12-13)7-1-2-7/h3-7,13H,1-2H2/b12-10-. The lowest BCUT2D eigenvalue weighted by atomic mass is 10.1. The molecule has 2 rings (SSSR count). The van der Waals surface area contributed by atoms with Crippen LogP contribution < -0.4 is 0 Å². The smallest absolute Gasteiger partial charge is 0.0898 e. The van der Waals surface area contributed by atoms with Gasteiger partial charge in [0.25, 0.3) is 0 Å². The molecule has 0 heterocycles. The van der Waals surface area contributed by atoms with Gasteiger partial charge < -0.3 is 5.21 Å². The zero-order chi connectivity index (χ0) is 9.26. The number of nitrogens with zero attached hydrogens (tertiary/aromatic N) is 1.